The number of benzene rings is 1. The lowest BCUT2D eigenvalue weighted by Gasteiger charge is -1.90. The lowest BCUT2D eigenvalue weighted by atomic mass is 10.2. The van der Waals surface area contributed by atoms with Crippen LogP contribution in [0.15, 0.2) is 24.3 Å². The summed E-state index contributed by atoms with van der Waals surface area (Å²) in [6.07, 6.45) is 0.474. The largest absolute Gasteiger partial charge is 0.289 e. The van der Waals surface area contributed by atoms with E-state index in [0.29, 0.717) is 11.8 Å². The second-order valence-corrected chi connectivity index (χ2v) is 2.19. The van der Waals surface area contributed by atoms with E-state index in [4.69, 9.17) is 0 Å². The summed E-state index contributed by atoms with van der Waals surface area (Å²) in [5.74, 6) is 4.73. The highest BCUT2D eigenvalue weighted by Gasteiger charge is 2.01. The van der Waals surface area contributed by atoms with Gasteiger partial charge in [-0.05, 0) is 18.1 Å². The molecule has 0 heterocycles. The maximum absolute atomic E-state index is 10.2. The molecule has 1 rings (SSSR count). The number of aldehydes is 1. The lowest BCUT2D eigenvalue weighted by Crippen LogP contribution is -1.86. The molecule has 0 saturated heterocycles. The van der Waals surface area contributed by atoms with E-state index in [0.717, 1.165) is 0 Å². The number of rotatable bonds is 1. The van der Waals surface area contributed by atoms with E-state index >= 15 is 0 Å². The molecule has 0 aliphatic carbocycles. The second-order valence-electron chi connectivity index (χ2n) is 2.19. The van der Waals surface area contributed by atoms with Crippen LogP contribution in [0.1, 0.15) is 5.56 Å². The molecule has 4 heteroatoms. The van der Waals surface area contributed by atoms with Gasteiger partial charge in [0, 0.05) is 17.7 Å². The van der Waals surface area contributed by atoms with Crippen LogP contribution in [0.25, 0.3) is 0 Å². The van der Waals surface area contributed by atoms with E-state index in [1.54, 1.807) is 0 Å². The smallest absolute Gasteiger partial charge is 0.269 e. The zero-order valence-electron chi connectivity index (χ0n) is 6.56. The van der Waals surface area contributed by atoms with E-state index in [2.05, 4.69) is 11.8 Å². The molecule has 0 radical (unpaired) electrons. The molecular formula is C9H5NO3. The van der Waals surface area contributed by atoms with Crippen molar-refractivity contribution < 1.29 is 9.72 Å². The Balaban J connectivity index is 2.93. The monoisotopic (exact) mass is 175 g/mol. The first-order valence-corrected chi connectivity index (χ1v) is 3.43. The van der Waals surface area contributed by atoms with Crippen molar-refractivity contribution >= 4 is 12.0 Å². The third kappa shape index (κ3) is 2.42. The molecule has 0 amide bonds. The maximum atomic E-state index is 10.2. The predicted octanol–water partition coefficient (Wildman–Crippen LogP) is 1.15. The van der Waals surface area contributed by atoms with Crippen molar-refractivity contribution in [3.05, 3.63) is 39.9 Å². The van der Waals surface area contributed by atoms with Crippen molar-refractivity contribution in [3.8, 4) is 11.8 Å². The minimum absolute atomic E-state index is 0.0108. The molecular weight excluding hydrogens is 170 g/mol. The molecule has 0 bridgehead atoms. The van der Waals surface area contributed by atoms with Crippen LogP contribution in [-0.4, -0.2) is 11.2 Å². The number of carbonyl (C=O) groups is 1. The fourth-order valence-corrected chi connectivity index (χ4v) is 0.779. The minimum Gasteiger partial charge on any atom is -0.289 e. The Morgan fingerprint density at radius 2 is 1.92 bits per heavy atom. The number of hydrogen-bond donors (Lipinski definition) is 0. The van der Waals surface area contributed by atoms with E-state index in [9.17, 15) is 14.9 Å². The highest BCUT2D eigenvalue weighted by molar-refractivity contribution is 5.74. The molecule has 0 atom stereocenters. The summed E-state index contributed by atoms with van der Waals surface area (Å²) in [6, 6.07) is 5.67. The van der Waals surface area contributed by atoms with Gasteiger partial charge >= 0.3 is 0 Å². The SMILES string of the molecule is O=CC#Cc1ccc([N+](=O)[O-])cc1. The molecule has 0 saturated carbocycles. The summed E-state index contributed by atoms with van der Waals surface area (Å²) in [4.78, 5) is 19.6. The summed E-state index contributed by atoms with van der Waals surface area (Å²) in [7, 11) is 0. The second kappa shape index (κ2) is 4.02. The topological polar surface area (TPSA) is 60.2 Å². The molecule has 4 nitrogen and oxygen atoms in total. The highest BCUT2D eigenvalue weighted by atomic mass is 16.6. The molecule has 1 aromatic rings. The van der Waals surface area contributed by atoms with Gasteiger partial charge in [0.05, 0.1) is 4.92 Å². The average Bonchev–Trinajstić information content (AvgIpc) is 2.15. The highest BCUT2D eigenvalue weighted by Crippen LogP contribution is 2.10. The zero-order valence-corrected chi connectivity index (χ0v) is 6.56. The number of nitrogens with zero attached hydrogens (tertiary/aromatic N) is 1. The molecule has 0 aliphatic rings. The number of hydrogen-bond acceptors (Lipinski definition) is 3. The molecule has 13 heavy (non-hydrogen) atoms. The van der Waals surface area contributed by atoms with Crippen LogP contribution >= 0.6 is 0 Å². The standard InChI is InChI=1S/C9H5NO3/c11-7-1-2-8-3-5-9(6-4-8)10(12)13/h3-7H. The van der Waals surface area contributed by atoms with Crippen molar-refractivity contribution in [1.29, 1.82) is 0 Å². The molecule has 1 aromatic carbocycles. The van der Waals surface area contributed by atoms with Gasteiger partial charge in [-0.25, -0.2) is 0 Å². The van der Waals surface area contributed by atoms with Crippen LogP contribution in [0, 0.1) is 22.0 Å². The van der Waals surface area contributed by atoms with Crippen LogP contribution in [0.4, 0.5) is 5.69 Å². The summed E-state index contributed by atoms with van der Waals surface area (Å²) in [5.41, 5.74) is 0.592. The molecule has 0 aliphatic heterocycles. The van der Waals surface area contributed by atoms with Crippen molar-refractivity contribution in [2.75, 3.05) is 0 Å². The van der Waals surface area contributed by atoms with Gasteiger partial charge in [0.15, 0.2) is 6.29 Å². The summed E-state index contributed by atoms with van der Waals surface area (Å²) in [6.45, 7) is 0. The van der Waals surface area contributed by atoms with Gasteiger partial charge in [0.25, 0.3) is 5.69 Å². The fourth-order valence-electron chi connectivity index (χ4n) is 0.779. The lowest BCUT2D eigenvalue weighted by molar-refractivity contribution is -0.384. The average molecular weight is 175 g/mol. The third-order valence-corrected chi connectivity index (χ3v) is 1.35. The Morgan fingerprint density at radius 3 is 2.38 bits per heavy atom. The van der Waals surface area contributed by atoms with E-state index < -0.39 is 4.92 Å². The van der Waals surface area contributed by atoms with Gasteiger partial charge in [-0.3, -0.25) is 14.9 Å². The van der Waals surface area contributed by atoms with Gasteiger partial charge in [0.2, 0.25) is 0 Å². The van der Waals surface area contributed by atoms with Crippen LogP contribution in [0.5, 0.6) is 0 Å². The fraction of sp³-hybridized carbons (Fsp3) is 0. The van der Waals surface area contributed by atoms with E-state index in [1.165, 1.54) is 24.3 Å². The van der Waals surface area contributed by atoms with Crippen LogP contribution < -0.4 is 0 Å². The summed E-state index contributed by atoms with van der Waals surface area (Å²) in [5, 5.41) is 10.2. The first-order valence-electron chi connectivity index (χ1n) is 3.43. The number of non-ortho nitro benzene ring substituents is 1. The van der Waals surface area contributed by atoms with Gasteiger partial charge < -0.3 is 0 Å². The molecule has 0 fully saturated rings. The van der Waals surface area contributed by atoms with Crippen molar-refractivity contribution in [2.45, 2.75) is 0 Å². The third-order valence-electron chi connectivity index (χ3n) is 1.35. The Kier molecular flexibility index (Phi) is 2.77. The van der Waals surface area contributed by atoms with E-state index in [-0.39, 0.29) is 5.69 Å². The summed E-state index contributed by atoms with van der Waals surface area (Å²) < 4.78 is 0. The van der Waals surface area contributed by atoms with Gasteiger partial charge in [-0.15, -0.1) is 0 Å². The normalized spacial score (nSPS) is 8.31. The predicted molar refractivity (Wildman–Crippen MR) is 46.0 cm³/mol. The number of nitro groups is 1. The van der Waals surface area contributed by atoms with Crippen LogP contribution in [0.2, 0.25) is 0 Å². The van der Waals surface area contributed by atoms with Gasteiger partial charge in [0.1, 0.15) is 0 Å². The van der Waals surface area contributed by atoms with Gasteiger partial charge in [-0.2, -0.15) is 0 Å². The Bertz CT molecular complexity index is 384. The maximum Gasteiger partial charge on any atom is 0.269 e. The summed E-state index contributed by atoms with van der Waals surface area (Å²) >= 11 is 0. The Labute approximate surface area is 74.3 Å². The van der Waals surface area contributed by atoms with Gasteiger partial charge in [-0.1, -0.05) is 5.92 Å². The van der Waals surface area contributed by atoms with E-state index in [1.807, 2.05) is 0 Å². The molecule has 0 unspecified atom stereocenters. The molecule has 64 valence electrons. The molecule has 0 spiro atoms. The zero-order chi connectivity index (χ0) is 9.68. The Hall–Kier alpha value is -2.15. The number of carbonyl (C=O) groups excluding carboxylic acids is 1. The molecule has 0 aromatic heterocycles. The number of nitro benzene ring substituents is 1. The minimum atomic E-state index is -0.489. The van der Waals surface area contributed by atoms with Crippen molar-refractivity contribution in [2.24, 2.45) is 0 Å². The quantitative estimate of drug-likeness (QED) is 0.278. The van der Waals surface area contributed by atoms with Crippen LogP contribution in [0.3, 0.4) is 0 Å². The van der Waals surface area contributed by atoms with Crippen molar-refractivity contribution in [1.82, 2.24) is 0 Å². The first kappa shape index (κ1) is 8.94. The van der Waals surface area contributed by atoms with Crippen molar-refractivity contribution in [3.63, 3.8) is 0 Å². The first-order chi connectivity index (χ1) is 6.24. The Morgan fingerprint density at radius 1 is 1.31 bits per heavy atom. The van der Waals surface area contributed by atoms with Crippen LogP contribution in [-0.2, 0) is 4.79 Å². The molecule has 0 N–H and O–H groups in total.